The van der Waals surface area contributed by atoms with Gasteiger partial charge in [0.05, 0.1) is 31.1 Å². The minimum atomic E-state index is -2.07. The molecule has 53 heavy (non-hydrogen) atoms. The number of esters is 1. The number of carbonyl (C=O) groups excluding carboxylic acids is 1. The molecule has 10 heteroatoms. The van der Waals surface area contributed by atoms with Crippen LogP contribution in [0, 0.1) is 23.7 Å². The molecule has 2 heterocycles. The summed E-state index contributed by atoms with van der Waals surface area (Å²) in [5.74, 6) is 3.58. The van der Waals surface area contributed by atoms with Gasteiger partial charge in [-0.2, -0.15) is 0 Å². The van der Waals surface area contributed by atoms with Crippen LogP contribution in [0.5, 0.6) is 5.75 Å². The van der Waals surface area contributed by atoms with Crippen molar-refractivity contribution in [2.75, 3.05) is 37.5 Å². The van der Waals surface area contributed by atoms with Crippen LogP contribution in [0.15, 0.2) is 72.2 Å². The summed E-state index contributed by atoms with van der Waals surface area (Å²) in [6.07, 6.45) is 16.6. The van der Waals surface area contributed by atoms with E-state index >= 15 is 0 Å². The van der Waals surface area contributed by atoms with Crippen LogP contribution in [0.25, 0.3) is 0 Å². The van der Waals surface area contributed by atoms with Gasteiger partial charge in [-0.1, -0.05) is 62.4 Å². The largest absolute Gasteiger partial charge is 0.490 e. The topological polar surface area (TPSA) is 73.8 Å². The molecule has 0 saturated heterocycles. The second-order valence-corrected chi connectivity index (χ2v) is 23.5. The smallest absolute Gasteiger partial charge is 0.337 e. The molecule has 0 N–H and O–H groups in total. The highest BCUT2D eigenvalue weighted by Gasteiger charge is 2.47. The third kappa shape index (κ3) is 8.24. The van der Waals surface area contributed by atoms with Gasteiger partial charge in [-0.3, -0.25) is 0 Å². The Morgan fingerprint density at radius 2 is 1.91 bits per heavy atom. The van der Waals surface area contributed by atoms with E-state index in [1.165, 1.54) is 31.1 Å². The van der Waals surface area contributed by atoms with Crippen molar-refractivity contribution in [1.29, 1.82) is 0 Å². The summed E-state index contributed by atoms with van der Waals surface area (Å²) in [7, 11) is -0.626. The van der Waals surface area contributed by atoms with E-state index in [1.54, 1.807) is 11.8 Å². The number of rotatable bonds is 11. The summed E-state index contributed by atoms with van der Waals surface area (Å²) in [4.78, 5) is 24.2. The Bertz CT molecular complexity index is 1800. The lowest BCUT2D eigenvalue weighted by molar-refractivity contribution is 0.0519. The first-order valence-corrected chi connectivity index (χ1v) is 23.8. The number of aromatic nitrogens is 2. The summed E-state index contributed by atoms with van der Waals surface area (Å²) in [5, 5.41) is 1.76. The van der Waals surface area contributed by atoms with Crippen LogP contribution in [-0.4, -0.2) is 62.9 Å². The third-order valence-electron chi connectivity index (χ3n) is 13.0. The number of thioether (sulfide) groups is 1. The fraction of sp³-hybridized carbons (Fsp3) is 0.558. The lowest BCUT2D eigenvalue weighted by Crippen LogP contribution is -2.52. The number of ether oxygens (including phenoxy) is 2. The average molecular weight is 775 g/mol. The zero-order chi connectivity index (χ0) is 37.4. The van der Waals surface area contributed by atoms with Gasteiger partial charge < -0.3 is 18.8 Å². The highest BCUT2D eigenvalue weighted by molar-refractivity contribution is 7.99. The number of benzene rings is 2. The van der Waals surface area contributed by atoms with Gasteiger partial charge in [-0.15, -0.1) is 0 Å². The molecule has 4 aliphatic rings. The summed E-state index contributed by atoms with van der Waals surface area (Å²) in [5.41, 5.74) is 4.02. The number of hydrogen-bond donors (Lipinski definition) is 0. The van der Waals surface area contributed by atoms with E-state index in [9.17, 15) is 4.79 Å². The number of nitrogens with zero attached hydrogens (tertiary/aromatic N) is 3. The van der Waals surface area contributed by atoms with Gasteiger partial charge in [0.1, 0.15) is 5.75 Å². The molecule has 3 aromatic rings. The zero-order valence-corrected chi connectivity index (χ0v) is 34.8. The molecule has 2 aromatic carbocycles. The van der Waals surface area contributed by atoms with Crippen molar-refractivity contribution in [2.24, 2.45) is 23.7 Å². The highest BCUT2D eigenvalue weighted by Crippen LogP contribution is 2.49. The number of methoxy groups -OCH3 is 1. The summed E-state index contributed by atoms with van der Waals surface area (Å²) >= 11 is 8.29. The van der Waals surface area contributed by atoms with E-state index < -0.39 is 8.32 Å². The Kier molecular flexibility index (Phi) is 11.4. The van der Waals surface area contributed by atoms with Crippen LogP contribution in [-0.2, 0) is 21.0 Å². The summed E-state index contributed by atoms with van der Waals surface area (Å²) in [6, 6.07) is 14.1. The van der Waals surface area contributed by atoms with Crippen LogP contribution in [0.4, 0.5) is 5.69 Å². The fourth-order valence-corrected chi connectivity index (χ4v) is 11.1. The zero-order valence-electron chi connectivity index (χ0n) is 32.3. The molecular weight excluding hydrogens is 718 g/mol. The van der Waals surface area contributed by atoms with Crippen molar-refractivity contribution in [3.8, 4) is 5.75 Å². The van der Waals surface area contributed by atoms with E-state index in [2.05, 4.69) is 73.0 Å². The summed E-state index contributed by atoms with van der Waals surface area (Å²) < 4.78 is 19.2. The Labute approximate surface area is 326 Å². The number of hydrogen-bond acceptors (Lipinski definition) is 8. The van der Waals surface area contributed by atoms with E-state index in [0.717, 1.165) is 72.6 Å². The lowest BCUT2D eigenvalue weighted by Gasteiger charge is -2.48. The third-order valence-corrected chi connectivity index (χ3v) is 18.8. The van der Waals surface area contributed by atoms with E-state index in [-0.39, 0.29) is 22.5 Å². The van der Waals surface area contributed by atoms with Crippen molar-refractivity contribution >= 4 is 43.3 Å². The molecule has 0 unspecified atom stereocenters. The Morgan fingerprint density at radius 1 is 1.11 bits per heavy atom. The summed E-state index contributed by atoms with van der Waals surface area (Å²) in [6.45, 7) is 14.1. The quantitative estimate of drug-likeness (QED) is 0.0627. The second-order valence-electron chi connectivity index (χ2n) is 17.4. The number of fused-ring (bicyclic) bond motifs is 3. The van der Waals surface area contributed by atoms with E-state index in [0.29, 0.717) is 35.8 Å². The maximum Gasteiger partial charge on any atom is 0.337 e. The molecule has 0 radical (unpaired) electrons. The first-order valence-electron chi connectivity index (χ1n) is 19.5. The van der Waals surface area contributed by atoms with Crippen molar-refractivity contribution in [2.45, 2.75) is 101 Å². The Morgan fingerprint density at radius 3 is 2.60 bits per heavy atom. The molecule has 2 saturated carbocycles. The molecule has 1 spiro atoms. The molecule has 284 valence electrons. The maximum atomic E-state index is 12.8. The number of allylic oxidation sites excluding steroid dienone is 1. The molecule has 3 aliphatic carbocycles. The maximum absolute atomic E-state index is 12.8. The van der Waals surface area contributed by atoms with Gasteiger partial charge in [0.15, 0.2) is 13.5 Å². The van der Waals surface area contributed by atoms with Crippen LogP contribution in [0.2, 0.25) is 23.2 Å². The van der Waals surface area contributed by atoms with Crippen molar-refractivity contribution < 1.29 is 18.7 Å². The van der Waals surface area contributed by atoms with Gasteiger partial charge in [0, 0.05) is 41.7 Å². The first-order chi connectivity index (χ1) is 25.4. The molecule has 0 amide bonds. The van der Waals surface area contributed by atoms with E-state index in [1.807, 2.05) is 42.7 Å². The standard InChI is InChI=1S/C43H56ClN3O4SSi/c1-42(2,3)53(5,6)51-38(18-13-29-10-11-33(29)26-52-41-45-21-8-22-46-41)35-16-12-32(35)25-47-27-43(20-7-9-30-23-34(44)15-17-36(30)43)28-50-39-19-14-31(24-37(39)47)40(48)49-4/h8,13-15,17-19,21-24,29,32-33,35,38H,7,9-12,16,20,25-28H2,1-6H3/b18-13-/t29-,32+,33-,35-,38+,43+/m1/s1. The van der Waals surface area contributed by atoms with Gasteiger partial charge in [-0.25, -0.2) is 14.8 Å². The van der Waals surface area contributed by atoms with Crippen LogP contribution in [0.3, 0.4) is 0 Å². The molecular formula is C43H56ClN3O4SSi. The lowest BCUT2D eigenvalue weighted by atomic mass is 9.68. The molecule has 0 bridgehead atoms. The average Bonchev–Trinajstić information content (AvgIpc) is 3.25. The van der Waals surface area contributed by atoms with Gasteiger partial charge in [0.25, 0.3) is 0 Å². The fourth-order valence-electron chi connectivity index (χ4n) is 8.53. The van der Waals surface area contributed by atoms with Gasteiger partial charge in [-0.05, 0) is 134 Å². The molecule has 7 rings (SSSR count). The Hall–Kier alpha value is -2.85. The Balaban J connectivity index is 1.16. The van der Waals surface area contributed by atoms with Crippen LogP contribution < -0.4 is 9.64 Å². The van der Waals surface area contributed by atoms with Crippen LogP contribution >= 0.6 is 23.4 Å². The SMILES string of the molecule is COC(=O)c1ccc2c(c1)N(C[C@@H]1CC[C@H]1[C@H](/C=C\[C@H]1CC[C@@H]1CSc1ncccn1)O[Si](C)(C)C(C)(C)C)C[C@@]1(CCCc3cc(Cl)ccc31)CO2. The minimum Gasteiger partial charge on any atom is -0.490 e. The number of anilines is 1. The normalized spacial score (nSPS) is 26.1. The number of halogens is 1. The predicted octanol–water partition coefficient (Wildman–Crippen LogP) is 10.2. The molecule has 2 fully saturated rings. The highest BCUT2D eigenvalue weighted by atomic mass is 35.5. The molecule has 1 aliphatic heterocycles. The first kappa shape index (κ1) is 38.4. The number of aryl methyl sites for hydroxylation is 1. The van der Waals surface area contributed by atoms with Crippen molar-refractivity contribution in [1.82, 2.24) is 9.97 Å². The minimum absolute atomic E-state index is 0.0663. The van der Waals surface area contributed by atoms with E-state index in [4.69, 9.17) is 25.5 Å². The van der Waals surface area contributed by atoms with Crippen LogP contribution in [0.1, 0.15) is 80.8 Å². The second kappa shape index (κ2) is 15.7. The molecule has 7 nitrogen and oxygen atoms in total. The molecule has 6 atom stereocenters. The molecule has 1 aromatic heterocycles. The van der Waals surface area contributed by atoms with Crippen molar-refractivity contribution in [3.63, 3.8) is 0 Å². The van der Waals surface area contributed by atoms with Gasteiger partial charge >= 0.3 is 5.97 Å². The van der Waals surface area contributed by atoms with Crippen molar-refractivity contribution in [3.05, 3.63) is 88.7 Å². The monoisotopic (exact) mass is 773 g/mol. The van der Waals surface area contributed by atoms with Gasteiger partial charge in [0.2, 0.25) is 0 Å². The predicted molar refractivity (Wildman–Crippen MR) is 218 cm³/mol. The number of carbonyl (C=O) groups is 1.